The normalized spacial score (nSPS) is 14.0. The molecule has 0 aliphatic carbocycles. The van der Waals surface area contributed by atoms with E-state index in [0.717, 1.165) is 11.3 Å². The lowest BCUT2D eigenvalue weighted by Gasteiger charge is -2.26. The van der Waals surface area contributed by atoms with Crippen LogP contribution in [-0.4, -0.2) is 56.3 Å². The molecule has 0 unspecified atom stereocenters. The van der Waals surface area contributed by atoms with Crippen molar-refractivity contribution in [2.24, 2.45) is 0 Å². The standard InChI is InChI=1S/C19H23N3O4/c1-24-17-4-3-14(11-18(17)25-2)13-21-15-5-6-20-16(12-15)19(23)22-7-9-26-10-8-22/h3-6,11-12H,7-10,13H2,1-2H3,(H,20,21). The average Bonchev–Trinajstić information content (AvgIpc) is 2.72. The molecular weight excluding hydrogens is 334 g/mol. The molecule has 1 N–H and O–H groups in total. The Balaban J connectivity index is 1.66. The Labute approximate surface area is 152 Å². The molecule has 1 aliphatic rings. The van der Waals surface area contributed by atoms with Crippen LogP contribution in [0.25, 0.3) is 0 Å². The maximum Gasteiger partial charge on any atom is 0.272 e. The average molecular weight is 357 g/mol. The van der Waals surface area contributed by atoms with E-state index in [1.807, 2.05) is 24.3 Å². The van der Waals surface area contributed by atoms with Crippen LogP contribution in [0.4, 0.5) is 5.69 Å². The molecule has 1 aromatic heterocycles. The number of carbonyl (C=O) groups is 1. The first-order valence-electron chi connectivity index (χ1n) is 8.49. The number of benzene rings is 1. The number of methoxy groups -OCH3 is 2. The number of rotatable bonds is 6. The molecule has 1 saturated heterocycles. The zero-order valence-corrected chi connectivity index (χ0v) is 15.0. The van der Waals surface area contributed by atoms with Crippen molar-refractivity contribution in [3.63, 3.8) is 0 Å². The van der Waals surface area contributed by atoms with Gasteiger partial charge in [-0.05, 0) is 29.8 Å². The maximum absolute atomic E-state index is 12.5. The second-order valence-corrected chi connectivity index (χ2v) is 5.88. The summed E-state index contributed by atoms with van der Waals surface area (Å²) >= 11 is 0. The van der Waals surface area contributed by atoms with Crippen LogP contribution in [0, 0.1) is 0 Å². The molecule has 2 heterocycles. The Hall–Kier alpha value is -2.80. The number of nitrogens with one attached hydrogen (secondary N) is 1. The SMILES string of the molecule is COc1ccc(CNc2ccnc(C(=O)N3CCOCC3)c2)cc1OC. The number of nitrogens with zero attached hydrogens (tertiary/aromatic N) is 2. The summed E-state index contributed by atoms with van der Waals surface area (Å²) in [5, 5.41) is 3.32. The van der Waals surface area contributed by atoms with Gasteiger partial charge in [-0.2, -0.15) is 0 Å². The molecule has 0 saturated carbocycles. The van der Waals surface area contributed by atoms with E-state index < -0.39 is 0 Å². The largest absolute Gasteiger partial charge is 0.493 e. The first kappa shape index (κ1) is 18.0. The number of hydrogen-bond donors (Lipinski definition) is 1. The van der Waals surface area contributed by atoms with Crippen LogP contribution >= 0.6 is 0 Å². The molecule has 7 heteroatoms. The maximum atomic E-state index is 12.5. The Morgan fingerprint density at radius 2 is 1.92 bits per heavy atom. The van der Waals surface area contributed by atoms with E-state index in [1.165, 1.54) is 0 Å². The van der Waals surface area contributed by atoms with E-state index in [1.54, 1.807) is 31.4 Å². The van der Waals surface area contributed by atoms with Gasteiger partial charge < -0.3 is 24.4 Å². The number of ether oxygens (including phenoxy) is 3. The lowest BCUT2D eigenvalue weighted by Crippen LogP contribution is -2.41. The van der Waals surface area contributed by atoms with Crippen molar-refractivity contribution >= 4 is 11.6 Å². The Morgan fingerprint density at radius 1 is 1.15 bits per heavy atom. The van der Waals surface area contributed by atoms with Crippen molar-refractivity contribution in [3.8, 4) is 11.5 Å². The van der Waals surface area contributed by atoms with Crippen LogP contribution in [0.15, 0.2) is 36.5 Å². The number of hydrogen-bond acceptors (Lipinski definition) is 6. The monoisotopic (exact) mass is 357 g/mol. The van der Waals surface area contributed by atoms with Crippen molar-refractivity contribution in [3.05, 3.63) is 47.8 Å². The third-order valence-electron chi connectivity index (χ3n) is 4.22. The molecule has 138 valence electrons. The lowest BCUT2D eigenvalue weighted by atomic mass is 10.2. The number of aromatic nitrogens is 1. The van der Waals surface area contributed by atoms with Gasteiger partial charge in [0.25, 0.3) is 5.91 Å². The molecule has 1 aromatic carbocycles. The van der Waals surface area contributed by atoms with Gasteiger partial charge >= 0.3 is 0 Å². The van der Waals surface area contributed by atoms with Gasteiger partial charge in [0.15, 0.2) is 11.5 Å². The summed E-state index contributed by atoms with van der Waals surface area (Å²) in [5.41, 5.74) is 2.32. The molecule has 0 spiro atoms. The van der Waals surface area contributed by atoms with Crippen LogP contribution in [0.1, 0.15) is 16.1 Å². The van der Waals surface area contributed by atoms with Crippen LogP contribution < -0.4 is 14.8 Å². The first-order valence-corrected chi connectivity index (χ1v) is 8.49. The smallest absolute Gasteiger partial charge is 0.272 e. The predicted molar refractivity (Wildman–Crippen MR) is 97.8 cm³/mol. The summed E-state index contributed by atoms with van der Waals surface area (Å²) in [5.74, 6) is 1.31. The van der Waals surface area contributed by atoms with Gasteiger partial charge in [-0.1, -0.05) is 6.07 Å². The van der Waals surface area contributed by atoms with Gasteiger partial charge in [-0.25, -0.2) is 0 Å². The molecular formula is C19H23N3O4. The highest BCUT2D eigenvalue weighted by Gasteiger charge is 2.19. The van der Waals surface area contributed by atoms with Crippen molar-refractivity contribution in [2.45, 2.75) is 6.54 Å². The number of amides is 1. The van der Waals surface area contributed by atoms with Gasteiger partial charge in [0.05, 0.1) is 27.4 Å². The zero-order valence-electron chi connectivity index (χ0n) is 15.0. The third-order valence-corrected chi connectivity index (χ3v) is 4.22. The fourth-order valence-electron chi connectivity index (χ4n) is 2.78. The van der Waals surface area contributed by atoms with Gasteiger partial charge in [-0.3, -0.25) is 9.78 Å². The highest BCUT2D eigenvalue weighted by Crippen LogP contribution is 2.27. The number of morpholine rings is 1. The Kier molecular flexibility index (Phi) is 5.91. The zero-order chi connectivity index (χ0) is 18.4. The van der Waals surface area contributed by atoms with Crippen LogP contribution in [0.2, 0.25) is 0 Å². The summed E-state index contributed by atoms with van der Waals surface area (Å²) in [7, 11) is 3.22. The predicted octanol–water partition coefficient (Wildman–Crippen LogP) is 2.18. The molecule has 1 aliphatic heterocycles. The molecule has 0 atom stereocenters. The van der Waals surface area contributed by atoms with Crippen LogP contribution in [-0.2, 0) is 11.3 Å². The minimum absolute atomic E-state index is 0.0666. The van der Waals surface area contributed by atoms with E-state index >= 15 is 0 Å². The van der Waals surface area contributed by atoms with Crippen molar-refractivity contribution in [1.29, 1.82) is 0 Å². The minimum Gasteiger partial charge on any atom is -0.493 e. The van der Waals surface area contributed by atoms with Crippen LogP contribution in [0.3, 0.4) is 0 Å². The van der Waals surface area contributed by atoms with Gasteiger partial charge in [0.1, 0.15) is 5.69 Å². The van der Waals surface area contributed by atoms with Gasteiger partial charge in [-0.15, -0.1) is 0 Å². The fourth-order valence-corrected chi connectivity index (χ4v) is 2.78. The van der Waals surface area contributed by atoms with Crippen LogP contribution in [0.5, 0.6) is 11.5 Å². The van der Waals surface area contributed by atoms with Crippen molar-refractivity contribution in [1.82, 2.24) is 9.88 Å². The Bertz CT molecular complexity index is 760. The van der Waals surface area contributed by atoms with E-state index in [0.29, 0.717) is 50.0 Å². The number of anilines is 1. The minimum atomic E-state index is -0.0666. The second kappa shape index (κ2) is 8.53. The third kappa shape index (κ3) is 4.23. The van der Waals surface area contributed by atoms with E-state index in [2.05, 4.69) is 10.3 Å². The van der Waals surface area contributed by atoms with Crippen molar-refractivity contribution < 1.29 is 19.0 Å². The summed E-state index contributed by atoms with van der Waals surface area (Å²) in [4.78, 5) is 18.5. The fraction of sp³-hybridized carbons (Fsp3) is 0.368. The van der Waals surface area contributed by atoms with E-state index in [9.17, 15) is 4.79 Å². The number of carbonyl (C=O) groups excluding carboxylic acids is 1. The van der Waals surface area contributed by atoms with E-state index in [4.69, 9.17) is 14.2 Å². The summed E-state index contributed by atoms with van der Waals surface area (Å²) in [6, 6.07) is 9.38. The summed E-state index contributed by atoms with van der Waals surface area (Å²) in [6.07, 6.45) is 1.64. The molecule has 7 nitrogen and oxygen atoms in total. The quantitative estimate of drug-likeness (QED) is 0.854. The molecule has 0 bridgehead atoms. The lowest BCUT2D eigenvalue weighted by molar-refractivity contribution is 0.0299. The highest BCUT2D eigenvalue weighted by atomic mass is 16.5. The molecule has 26 heavy (non-hydrogen) atoms. The van der Waals surface area contributed by atoms with E-state index in [-0.39, 0.29) is 5.91 Å². The first-order chi connectivity index (χ1) is 12.7. The molecule has 1 amide bonds. The number of pyridine rings is 1. The second-order valence-electron chi connectivity index (χ2n) is 5.88. The Morgan fingerprint density at radius 3 is 2.65 bits per heavy atom. The highest BCUT2D eigenvalue weighted by molar-refractivity contribution is 5.93. The molecule has 0 radical (unpaired) electrons. The molecule has 1 fully saturated rings. The topological polar surface area (TPSA) is 72.9 Å². The summed E-state index contributed by atoms with van der Waals surface area (Å²) < 4.78 is 15.9. The molecule has 3 rings (SSSR count). The van der Waals surface area contributed by atoms with Gasteiger partial charge in [0, 0.05) is 31.5 Å². The van der Waals surface area contributed by atoms with Crippen molar-refractivity contribution in [2.75, 3.05) is 45.8 Å². The molecule has 2 aromatic rings. The summed E-state index contributed by atoms with van der Waals surface area (Å²) in [6.45, 7) is 2.94. The van der Waals surface area contributed by atoms with Gasteiger partial charge in [0.2, 0.25) is 0 Å².